The number of ether oxygens (including phenoxy) is 1. The van der Waals surface area contributed by atoms with E-state index < -0.39 is 11.2 Å². The highest BCUT2D eigenvalue weighted by Crippen LogP contribution is 2.38. The van der Waals surface area contributed by atoms with E-state index in [2.05, 4.69) is 0 Å². The normalized spacial score (nSPS) is 32.2. The summed E-state index contributed by atoms with van der Waals surface area (Å²) in [6.45, 7) is 6.74. The molecule has 0 radical (unpaired) electrons. The Morgan fingerprint density at radius 3 is 1.27 bits per heavy atom. The van der Waals surface area contributed by atoms with Crippen molar-refractivity contribution in [3.8, 4) is 0 Å². The summed E-state index contributed by atoms with van der Waals surface area (Å²) in [6, 6.07) is 0. The molecule has 0 saturated carbocycles. The van der Waals surface area contributed by atoms with Crippen molar-refractivity contribution in [2.45, 2.75) is 51.1 Å². The lowest BCUT2D eigenvalue weighted by molar-refractivity contribution is 0.0443. The van der Waals surface area contributed by atoms with E-state index in [1.807, 2.05) is 0 Å². The molecule has 1 heterocycles. The summed E-state index contributed by atoms with van der Waals surface area (Å²) in [4.78, 5) is 0. The zero-order chi connectivity index (χ0) is 8.86. The lowest BCUT2D eigenvalue weighted by atomic mass is 9.94. The average molecular weight is 160 g/mol. The molecule has 0 bridgehead atoms. The van der Waals surface area contributed by atoms with Gasteiger partial charge in [-0.05, 0) is 27.7 Å². The van der Waals surface area contributed by atoms with Crippen LogP contribution in [0.4, 0.5) is 0 Å². The monoisotopic (exact) mass is 160 g/mol. The number of rotatable bonds is 2. The first kappa shape index (κ1) is 8.97. The second kappa shape index (κ2) is 2.19. The zero-order valence-electron chi connectivity index (χ0n) is 7.46. The Balaban J connectivity index is 2.51. The minimum atomic E-state index is -0.843. The van der Waals surface area contributed by atoms with Crippen LogP contribution in [-0.4, -0.2) is 33.6 Å². The Labute approximate surface area is 67.0 Å². The molecular weight excluding hydrogens is 144 g/mol. The topological polar surface area (TPSA) is 53.0 Å². The minimum absolute atomic E-state index is 0.220. The van der Waals surface area contributed by atoms with Crippen LogP contribution >= 0.6 is 0 Å². The summed E-state index contributed by atoms with van der Waals surface area (Å²) < 4.78 is 5.15. The molecule has 0 aromatic heterocycles. The number of aliphatic hydroxyl groups is 2. The second-order valence-corrected chi connectivity index (χ2v) is 4.28. The maximum atomic E-state index is 9.46. The van der Waals surface area contributed by atoms with Crippen molar-refractivity contribution >= 4 is 0 Å². The SMILES string of the molecule is CC(C)(O)[C@H]1O[C@@H]1C(C)(C)O. The molecule has 0 amide bonds. The fraction of sp³-hybridized carbons (Fsp3) is 1.00. The van der Waals surface area contributed by atoms with Gasteiger partial charge in [-0.3, -0.25) is 0 Å². The third-order valence-corrected chi connectivity index (χ3v) is 1.88. The smallest absolute Gasteiger partial charge is 0.115 e. The van der Waals surface area contributed by atoms with Crippen LogP contribution in [0.25, 0.3) is 0 Å². The molecule has 2 N–H and O–H groups in total. The molecule has 0 aromatic rings. The van der Waals surface area contributed by atoms with Gasteiger partial charge < -0.3 is 14.9 Å². The zero-order valence-corrected chi connectivity index (χ0v) is 7.46. The van der Waals surface area contributed by atoms with Crippen LogP contribution in [-0.2, 0) is 4.74 Å². The van der Waals surface area contributed by atoms with Crippen molar-refractivity contribution in [2.75, 3.05) is 0 Å². The maximum absolute atomic E-state index is 9.46. The summed E-state index contributed by atoms with van der Waals surface area (Å²) in [6.07, 6.45) is -0.440. The number of hydrogen-bond acceptors (Lipinski definition) is 3. The molecule has 1 aliphatic heterocycles. The van der Waals surface area contributed by atoms with E-state index in [-0.39, 0.29) is 12.2 Å². The van der Waals surface area contributed by atoms with Crippen LogP contribution in [0.1, 0.15) is 27.7 Å². The van der Waals surface area contributed by atoms with E-state index in [9.17, 15) is 10.2 Å². The molecule has 0 unspecified atom stereocenters. The molecule has 1 aliphatic rings. The van der Waals surface area contributed by atoms with Gasteiger partial charge in [0, 0.05) is 0 Å². The van der Waals surface area contributed by atoms with Gasteiger partial charge in [0.05, 0.1) is 11.2 Å². The fourth-order valence-electron chi connectivity index (χ4n) is 1.19. The van der Waals surface area contributed by atoms with E-state index in [1.54, 1.807) is 27.7 Å². The first-order valence-electron chi connectivity index (χ1n) is 3.83. The standard InChI is InChI=1S/C8H16O3/c1-7(2,9)5-6(11-5)8(3,4)10/h5-6,9-10H,1-4H3/t5-,6-/m0/s1. The molecule has 3 heteroatoms. The van der Waals surface area contributed by atoms with E-state index in [1.165, 1.54) is 0 Å². The fourth-order valence-corrected chi connectivity index (χ4v) is 1.19. The van der Waals surface area contributed by atoms with Gasteiger partial charge in [-0.2, -0.15) is 0 Å². The van der Waals surface area contributed by atoms with Crippen molar-refractivity contribution in [2.24, 2.45) is 0 Å². The molecule has 1 fully saturated rings. The lowest BCUT2D eigenvalue weighted by Crippen LogP contribution is -2.36. The molecule has 1 rings (SSSR count). The van der Waals surface area contributed by atoms with Crippen LogP contribution in [0.5, 0.6) is 0 Å². The van der Waals surface area contributed by atoms with Gasteiger partial charge in [-0.1, -0.05) is 0 Å². The summed E-state index contributed by atoms with van der Waals surface area (Å²) in [5, 5.41) is 18.9. The Bertz CT molecular complexity index is 134. The Kier molecular flexibility index (Phi) is 1.78. The van der Waals surface area contributed by atoms with E-state index in [0.29, 0.717) is 0 Å². The Morgan fingerprint density at radius 1 is 0.909 bits per heavy atom. The highest BCUT2D eigenvalue weighted by atomic mass is 16.6. The second-order valence-electron chi connectivity index (χ2n) is 4.28. The highest BCUT2D eigenvalue weighted by molar-refractivity contribution is 5.03. The van der Waals surface area contributed by atoms with E-state index in [0.717, 1.165) is 0 Å². The van der Waals surface area contributed by atoms with Crippen LogP contribution in [0.3, 0.4) is 0 Å². The van der Waals surface area contributed by atoms with Gasteiger partial charge >= 0.3 is 0 Å². The van der Waals surface area contributed by atoms with Crippen molar-refractivity contribution in [3.63, 3.8) is 0 Å². The van der Waals surface area contributed by atoms with Gasteiger partial charge in [0.25, 0.3) is 0 Å². The molecule has 0 aromatic carbocycles. The molecule has 66 valence electrons. The van der Waals surface area contributed by atoms with Gasteiger partial charge in [-0.25, -0.2) is 0 Å². The number of hydrogen-bond donors (Lipinski definition) is 2. The molecule has 3 nitrogen and oxygen atoms in total. The molecule has 2 atom stereocenters. The summed E-state index contributed by atoms with van der Waals surface area (Å²) >= 11 is 0. The van der Waals surface area contributed by atoms with Crippen LogP contribution in [0.2, 0.25) is 0 Å². The molecular formula is C8H16O3. The molecule has 0 spiro atoms. The van der Waals surface area contributed by atoms with Crippen LogP contribution < -0.4 is 0 Å². The summed E-state index contributed by atoms with van der Waals surface area (Å²) in [5.74, 6) is 0. The van der Waals surface area contributed by atoms with Crippen molar-refractivity contribution < 1.29 is 14.9 Å². The summed E-state index contributed by atoms with van der Waals surface area (Å²) in [5.41, 5.74) is -1.69. The van der Waals surface area contributed by atoms with Gasteiger partial charge in [0.1, 0.15) is 12.2 Å². The quantitative estimate of drug-likeness (QED) is 0.571. The molecule has 0 aliphatic carbocycles. The first-order valence-corrected chi connectivity index (χ1v) is 3.83. The van der Waals surface area contributed by atoms with Gasteiger partial charge in [-0.15, -0.1) is 0 Å². The van der Waals surface area contributed by atoms with Gasteiger partial charge in [0.15, 0.2) is 0 Å². The summed E-state index contributed by atoms with van der Waals surface area (Å²) in [7, 11) is 0. The minimum Gasteiger partial charge on any atom is -0.388 e. The maximum Gasteiger partial charge on any atom is 0.115 e. The third-order valence-electron chi connectivity index (χ3n) is 1.88. The highest BCUT2D eigenvalue weighted by Gasteiger charge is 2.55. The van der Waals surface area contributed by atoms with Crippen molar-refractivity contribution in [1.29, 1.82) is 0 Å². The average Bonchev–Trinajstić information content (AvgIpc) is 2.30. The third kappa shape index (κ3) is 1.92. The predicted molar refractivity (Wildman–Crippen MR) is 41.3 cm³/mol. The van der Waals surface area contributed by atoms with Crippen LogP contribution in [0, 0.1) is 0 Å². The van der Waals surface area contributed by atoms with Crippen molar-refractivity contribution in [1.82, 2.24) is 0 Å². The molecule has 1 saturated heterocycles. The van der Waals surface area contributed by atoms with E-state index in [4.69, 9.17) is 4.74 Å². The molecule has 11 heavy (non-hydrogen) atoms. The largest absolute Gasteiger partial charge is 0.388 e. The first-order chi connectivity index (χ1) is 4.73. The van der Waals surface area contributed by atoms with Gasteiger partial charge in [0.2, 0.25) is 0 Å². The number of epoxide rings is 1. The van der Waals surface area contributed by atoms with E-state index >= 15 is 0 Å². The van der Waals surface area contributed by atoms with Crippen LogP contribution in [0.15, 0.2) is 0 Å². The Morgan fingerprint density at radius 2 is 1.18 bits per heavy atom. The Hall–Kier alpha value is -0.120. The lowest BCUT2D eigenvalue weighted by Gasteiger charge is -2.18. The van der Waals surface area contributed by atoms with Crippen molar-refractivity contribution in [3.05, 3.63) is 0 Å². The predicted octanol–water partition coefficient (Wildman–Crippen LogP) is 0.296.